The zero-order valence-corrected chi connectivity index (χ0v) is 20.7. The van der Waals surface area contributed by atoms with Gasteiger partial charge >= 0.3 is 0 Å². The van der Waals surface area contributed by atoms with E-state index in [2.05, 4.69) is 0 Å². The molecule has 0 saturated carbocycles. The number of para-hydroxylation sites is 2. The van der Waals surface area contributed by atoms with Gasteiger partial charge in [0.1, 0.15) is 23.0 Å². The van der Waals surface area contributed by atoms with Crippen LogP contribution in [0.2, 0.25) is 0 Å². The molecule has 0 aliphatic carbocycles. The molecule has 1 aliphatic heterocycles. The second-order valence-corrected chi connectivity index (χ2v) is 10.7. The number of carbonyl (C=O) groups is 1. The van der Waals surface area contributed by atoms with E-state index in [4.69, 9.17) is 9.47 Å². The second-order valence-electron chi connectivity index (χ2n) is 8.67. The second kappa shape index (κ2) is 10.7. The summed E-state index contributed by atoms with van der Waals surface area (Å²) in [6.07, 6.45) is 3.27. The van der Waals surface area contributed by atoms with Gasteiger partial charge in [-0.25, -0.2) is 8.42 Å². The van der Waals surface area contributed by atoms with Crippen molar-refractivity contribution >= 4 is 27.8 Å². The van der Waals surface area contributed by atoms with E-state index in [0.717, 1.165) is 22.6 Å². The SMILES string of the molecule is O=C1/C(=C/c2ccc(Oc3ccccc3)cc2)CS(=O)(=O)C/C1=C\c1ccc(Oc2ccccc2)cc1. The highest BCUT2D eigenvalue weighted by atomic mass is 32.2. The molecule has 0 radical (unpaired) electrons. The van der Waals surface area contributed by atoms with Crippen LogP contribution in [0.4, 0.5) is 0 Å². The zero-order valence-electron chi connectivity index (χ0n) is 19.9. The molecule has 0 aromatic heterocycles. The molecule has 184 valence electrons. The molecule has 1 fully saturated rings. The third-order valence-electron chi connectivity index (χ3n) is 5.73. The summed E-state index contributed by atoms with van der Waals surface area (Å²) in [5.41, 5.74) is 1.95. The van der Waals surface area contributed by atoms with E-state index in [1.807, 2.05) is 60.7 Å². The highest BCUT2D eigenvalue weighted by Gasteiger charge is 2.30. The maximum atomic E-state index is 13.2. The van der Waals surface area contributed by atoms with Crippen molar-refractivity contribution in [3.05, 3.63) is 131 Å². The van der Waals surface area contributed by atoms with E-state index in [-0.39, 0.29) is 28.4 Å². The maximum Gasteiger partial charge on any atom is 0.187 e. The number of ether oxygens (including phenoxy) is 2. The van der Waals surface area contributed by atoms with Crippen molar-refractivity contribution in [1.29, 1.82) is 0 Å². The smallest absolute Gasteiger partial charge is 0.187 e. The molecular formula is C31H24O5S. The molecule has 0 spiro atoms. The number of hydrogen-bond donors (Lipinski definition) is 0. The van der Waals surface area contributed by atoms with Crippen LogP contribution in [0, 0.1) is 0 Å². The summed E-state index contributed by atoms with van der Waals surface area (Å²) in [4.78, 5) is 13.2. The van der Waals surface area contributed by atoms with Crippen molar-refractivity contribution in [3.63, 3.8) is 0 Å². The van der Waals surface area contributed by atoms with E-state index >= 15 is 0 Å². The monoisotopic (exact) mass is 508 g/mol. The average Bonchev–Trinajstić information content (AvgIpc) is 2.90. The molecule has 0 N–H and O–H groups in total. The van der Waals surface area contributed by atoms with Crippen LogP contribution in [0.3, 0.4) is 0 Å². The van der Waals surface area contributed by atoms with Crippen molar-refractivity contribution in [3.8, 4) is 23.0 Å². The first-order chi connectivity index (χ1) is 17.9. The zero-order chi connectivity index (χ0) is 25.7. The van der Waals surface area contributed by atoms with Gasteiger partial charge in [0, 0.05) is 11.1 Å². The van der Waals surface area contributed by atoms with Crippen LogP contribution in [-0.4, -0.2) is 25.7 Å². The molecule has 6 heteroatoms. The molecular weight excluding hydrogens is 484 g/mol. The topological polar surface area (TPSA) is 69.7 Å². The molecule has 4 aromatic carbocycles. The van der Waals surface area contributed by atoms with Gasteiger partial charge in [0.05, 0.1) is 11.5 Å². The predicted octanol–water partition coefficient (Wildman–Crippen LogP) is 6.74. The van der Waals surface area contributed by atoms with Crippen LogP contribution in [-0.2, 0) is 14.6 Å². The Labute approximate surface area is 216 Å². The summed E-state index contributed by atoms with van der Waals surface area (Å²) >= 11 is 0. The quantitative estimate of drug-likeness (QED) is 0.270. The number of hydrogen-bond acceptors (Lipinski definition) is 5. The third-order valence-corrected chi connectivity index (χ3v) is 7.24. The normalized spacial score (nSPS) is 17.0. The fourth-order valence-electron chi connectivity index (χ4n) is 3.99. The van der Waals surface area contributed by atoms with E-state index in [9.17, 15) is 13.2 Å². The van der Waals surface area contributed by atoms with Gasteiger partial charge in [-0.1, -0.05) is 60.7 Å². The Morgan fingerprint density at radius 3 is 1.24 bits per heavy atom. The Morgan fingerprint density at radius 2 is 0.865 bits per heavy atom. The fraction of sp³-hybridized carbons (Fsp3) is 0.0645. The summed E-state index contributed by atoms with van der Waals surface area (Å²) < 4.78 is 36.9. The van der Waals surface area contributed by atoms with Gasteiger partial charge in [-0.3, -0.25) is 4.79 Å². The van der Waals surface area contributed by atoms with Gasteiger partial charge < -0.3 is 9.47 Å². The lowest BCUT2D eigenvalue weighted by atomic mass is 10.0. The molecule has 1 saturated heterocycles. The van der Waals surface area contributed by atoms with Crippen LogP contribution in [0.25, 0.3) is 12.2 Å². The molecule has 5 nitrogen and oxygen atoms in total. The van der Waals surface area contributed by atoms with Crippen LogP contribution in [0.15, 0.2) is 120 Å². The lowest BCUT2D eigenvalue weighted by Crippen LogP contribution is -2.28. The first-order valence-corrected chi connectivity index (χ1v) is 13.6. The molecule has 4 aromatic rings. The third kappa shape index (κ3) is 6.42. The Balaban J connectivity index is 1.33. The minimum Gasteiger partial charge on any atom is -0.457 e. The standard InChI is InChI=1S/C31H24O5S/c32-31-25(19-23-11-15-29(16-12-23)35-27-7-3-1-4-8-27)21-37(33,34)22-26(31)20-24-13-17-30(18-14-24)36-28-9-5-2-6-10-28/h1-20H,21-22H2/b25-19+,26-20+. The molecule has 5 rings (SSSR count). The minimum absolute atomic E-state index is 0.248. The first-order valence-electron chi connectivity index (χ1n) is 11.8. The number of rotatable bonds is 6. The van der Waals surface area contributed by atoms with Gasteiger partial charge in [0.15, 0.2) is 15.6 Å². The van der Waals surface area contributed by atoms with Crippen LogP contribution < -0.4 is 9.47 Å². The highest BCUT2D eigenvalue weighted by molar-refractivity contribution is 7.92. The summed E-state index contributed by atoms with van der Waals surface area (Å²) in [6, 6.07) is 33.2. The van der Waals surface area contributed by atoms with Crippen LogP contribution in [0.5, 0.6) is 23.0 Å². The minimum atomic E-state index is -3.46. The van der Waals surface area contributed by atoms with E-state index in [0.29, 0.717) is 11.5 Å². The van der Waals surface area contributed by atoms with Crippen molar-refractivity contribution in [2.45, 2.75) is 0 Å². The molecule has 37 heavy (non-hydrogen) atoms. The van der Waals surface area contributed by atoms with Gasteiger partial charge in [-0.2, -0.15) is 0 Å². The Morgan fingerprint density at radius 1 is 0.514 bits per heavy atom. The summed E-state index contributed by atoms with van der Waals surface area (Å²) in [5.74, 6) is 1.91. The van der Waals surface area contributed by atoms with Crippen molar-refractivity contribution in [2.24, 2.45) is 0 Å². The van der Waals surface area contributed by atoms with E-state index in [1.165, 1.54) is 0 Å². The van der Waals surface area contributed by atoms with Gasteiger partial charge in [-0.15, -0.1) is 0 Å². The van der Waals surface area contributed by atoms with Crippen molar-refractivity contribution < 1.29 is 22.7 Å². The lowest BCUT2D eigenvalue weighted by molar-refractivity contribution is -0.112. The van der Waals surface area contributed by atoms with E-state index in [1.54, 1.807) is 60.7 Å². The average molecular weight is 509 g/mol. The maximum absolute atomic E-state index is 13.2. The largest absolute Gasteiger partial charge is 0.457 e. The Bertz CT molecular complexity index is 1440. The number of carbonyl (C=O) groups excluding carboxylic acids is 1. The molecule has 1 aliphatic rings. The number of ketones is 1. The number of benzene rings is 4. The van der Waals surface area contributed by atoms with Gasteiger partial charge in [-0.05, 0) is 71.8 Å². The molecule has 1 heterocycles. The fourth-order valence-corrected chi connectivity index (χ4v) is 5.47. The lowest BCUT2D eigenvalue weighted by Gasteiger charge is -2.17. The molecule has 0 amide bonds. The van der Waals surface area contributed by atoms with Gasteiger partial charge in [0.2, 0.25) is 0 Å². The molecule has 0 unspecified atom stereocenters. The first kappa shape index (κ1) is 24.3. The summed E-state index contributed by atoms with van der Waals surface area (Å²) in [5, 5.41) is 0. The van der Waals surface area contributed by atoms with Gasteiger partial charge in [0.25, 0.3) is 0 Å². The van der Waals surface area contributed by atoms with Crippen molar-refractivity contribution in [2.75, 3.05) is 11.5 Å². The molecule has 0 atom stereocenters. The van der Waals surface area contributed by atoms with E-state index < -0.39 is 9.84 Å². The Kier molecular flexibility index (Phi) is 7.01. The van der Waals surface area contributed by atoms with Crippen LogP contribution >= 0.6 is 0 Å². The summed E-state index contributed by atoms with van der Waals surface area (Å²) in [6.45, 7) is 0. The summed E-state index contributed by atoms with van der Waals surface area (Å²) in [7, 11) is -3.46. The Hall–Kier alpha value is -4.42. The molecule has 0 bridgehead atoms. The van der Waals surface area contributed by atoms with Crippen LogP contribution in [0.1, 0.15) is 11.1 Å². The predicted molar refractivity (Wildman–Crippen MR) is 146 cm³/mol. The highest BCUT2D eigenvalue weighted by Crippen LogP contribution is 2.27. The van der Waals surface area contributed by atoms with Crippen molar-refractivity contribution in [1.82, 2.24) is 0 Å². The number of sulfone groups is 1. The number of Topliss-reactive ketones (excluding diaryl/α,β-unsaturated/α-hetero) is 1.